The predicted octanol–water partition coefficient (Wildman–Crippen LogP) is 4.72. The highest BCUT2D eigenvalue weighted by atomic mass is 127. The topological polar surface area (TPSA) is 87.0 Å². The molecule has 0 fully saturated rings. The van der Waals surface area contributed by atoms with Crippen molar-refractivity contribution < 1.29 is 24.2 Å². The molecule has 0 radical (unpaired) electrons. The van der Waals surface area contributed by atoms with Gasteiger partial charge in [-0.1, -0.05) is 0 Å². The normalized spacial score (nSPS) is 11.5. The summed E-state index contributed by atoms with van der Waals surface area (Å²) in [5.74, 6) is 1.51. The van der Waals surface area contributed by atoms with Crippen LogP contribution in [0, 0.1) is 10.7 Å². The lowest BCUT2D eigenvalue weighted by atomic mass is 10.2. The third-order valence-electron chi connectivity index (χ3n) is 2.89. The maximum absolute atomic E-state index is 11.0. The van der Waals surface area contributed by atoms with E-state index < -0.39 is 7.60 Å². The van der Waals surface area contributed by atoms with E-state index in [1.54, 1.807) is 18.2 Å². The summed E-state index contributed by atoms with van der Waals surface area (Å²) in [6.07, 6.45) is 0.142. The van der Waals surface area contributed by atoms with Gasteiger partial charge in [0, 0.05) is 0 Å². The van der Waals surface area contributed by atoms with E-state index in [4.69, 9.17) is 14.5 Å². The molecular weight excluding hydrogens is 660 g/mol. The molecule has 0 amide bonds. The standard InChI is InChI=1S/C14H12I3O5P/c15-10-7-9(1-2-13(10)18)22-14-11(16)5-8(6-12(14)17)3-4-23(19,20)21/h1-2,5-7,18H,3-4H2,(H2,19,20,21). The van der Waals surface area contributed by atoms with E-state index >= 15 is 0 Å². The lowest BCUT2D eigenvalue weighted by molar-refractivity contribution is 0.373. The number of hydrogen-bond acceptors (Lipinski definition) is 3. The molecule has 0 saturated heterocycles. The van der Waals surface area contributed by atoms with Crippen LogP contribution in [0.4, 0.5) is 0 Å². The Hall–Kier alpha value is 0.380. The Kier molecular flexibility index (Phi) is 7.00. The number of ether oxygens (including phenoxy) is 1. The van der Waals surface area contributed by atoms with Crippen LogP contribution >= 0.6 is 75.4 Å². The van der Waals surface area contributed by atoms with Crippen LogP contribution in [0.3, 0.4) is 0 Å². The van der Waals surface area contributed by atoms with Gasteiger partial charge in [-0.05, 0) is 110 Å². The highest BCUT2D eigenvalue weighted by molar-refractivity contribution is 14.1. The highest BCUT2D eigenvalue weighted by Crippen LogP contribution is 2.37. The molecule has 0 aliphatic heterocycles. The van der Waals surface area contributed by atoms with E-state index in [-0.39, 0.29) is 11.9 Å². The molecule has 124 valence electrons. The first-order chi connectivity index (χ1) is 10.7. The molecular formula is C14H12I3O5P. The van der Waals surface area contributed by atoms with E-state index in [9.17, 15) is 9.67 Å². The maximum Gasteiger partial charge on any atom is 0.325 e. The molecule has 0 unspecified atom stereocenters. The molecule has 23 heavy (non-hydrogen) atoms. The lowest BCUT2D eigenvalue weighted by Gasteiger charge is -2.13. The first-order valence-electron chi connectivity index (χ1n) is 6.34. The van der Waals surface area contributed by atoms with Gasteiger partial charge in [0.2, 0.25) is 0 Å². The summed E-state index contributed by atoms with van der Waals surface area (Å²) in [6.45, 7) is 0. The van der Waals surface area contributed by atoms with Gasteiger partial charge < -0.3 is 19.6 Å². The average molecular weight is 672 g/mol. The zero-order valence-electron chi connectivity index (χ0n) is 11.5. The zero-order chi connectivity index (χ0) is 17.2. The molecule has 2 rings (SSSR count). The van der Waals surface area contributed by atoms with Gasteiger partial charge in [-0.3, -0.25) is 4.57 Å². The van der Waals surface area contributed by atoms with Gasteiger partial charge in [0.05, 0.1) is 16.9 Å². The summed E-state index contributed by atoms with van der Waals surface area (Å²) >= 11 is 6.30. The van der Waals surface area contributed by atoms with Gasteiger partial charge in [0.1, 0.15) is 11.5 Å². The SMILES string of the molecule is O=P(O)(O)CCc1cc(I)c(Oc2ccc(O)c(I)c2)c(I)c1. The van der Waals surface area contributed by atoms with Crippen LogP contribution in [0.5, 0.6) is 17.2 Å². The van der Waals surface area contributed by atoms with Crippen molar-refractivity contribution in [2.75, 3.05) is 6.16 Å². The smallest absolute Gasteiger partial charge is 0.325 e. The molecule has 5 nitrogen and oxygen atoms in total. The Balaban J connectivity index is 2.23. The van der Waals surface area contributed by atoms with Crippen LogP contribution in [0.1, 0.15) is 5.56 Å². The van der Waals surface area contributed by atoms with Crippen LogP contribution in [0.2, 0.25) is 0 Å². The third-order valence-corrected chi connectivity index (χ3v) is 6.16. The second-order valence-corrected chi connectivity index (χ2v) is 10.0. The summed E-state index contributed by atoms with van der Waals surface area (Å²) in [6, 6.07) is 8.72. The molecule has 0 saturated carbocycles. The number of aromatic hydroxyl groups is 1. The number of aryl methyl sites for hydroxylation is 1. The molecule has 0 heterocycles. The fraction of sp³-hybridized carbons (Fsp3) is 0.143. The predicted molar refractivity (Wildman–Crippen MR) is 113 cm³/mol. The van der Waals surface area contributed by atoms with Crippen molar-refractivity contribution in [1.82, 2.24) is 0 Å². The van der Waals surface area contributed by atoms with Crippen LogP contribution in [0.25, 0.3) is 0 Å². The van der Waals surface area contributed by atoms with Crippen LogP contribution in [0.15, 0.2) is 30.3 Å². The minimum absolute atomic E-state index is 0.171. The van der Waals surface area contributed by atoms with Crippen molar-refractivity contribution in [3.05, 3.63) is 46.6 Å². The number of rotatable bonds is 5. The molecule has 0 bridgehead atoms. The number of hydrogen-bond donors (Lipinski definition) is 3. The average Bonchev–Trinajstić information content (AvgIpc) is 2.43. The largest absolute Gasteiger partial charge is 0.507 e. The number of benzene rings is 2. The molecule has 0 aliphatic carbocycles. The van der Waals surface area contributed by atoms with E-state index in [1.165, 1.54) is 0 Å². The summed E-state index contributed by atoms with van der Waals surface area (Å²) in [5, 5.41) is 9.55. The highest BCUT2D eigenvalue weighted by Gasteiger charge is 2.15. The fourth-order valence-electron chi connectivity index (χ4n) is 1.80. The van der Waals surface area contributed by atoms with Gasteiger partial charge in [0.15, 0.2) is 5.75 Å². The summed E-state index contributed by atoms with van der Waals surface area (Å²) in [7, 11) is -4.00. The zero-order valence-corrected chi connectivity index (χ0v) is 18.9. The summed E-state index contributed by atoms with van der Waals surface area (Å²) < 4.78 is 19.3. The van der Waals surface area contributed by atoms with Crippen molar-refractivity contribution in [2.45, 2.75) is 6.42 Å². The van der Waals surface area contributed by atoms with Crippen molar-refractivity contribution >= 4 is 75.4 Å². The molecule has 0 spiro atoms. The van der Waals surface area contributed by atoms with E-state index in [1.807, 2.05) is 34.7 Å². The third kappa shape index (κ3) is 5.99. The van der Waals surface area contributed by atoms with Gasteiger partial charge >= 0.3 is 7.60 Å². The molecule has 0 atom stereocenters. The van der Waals surface area contributed by atoms with Crippen molar-refractivity contribution in [1.29, 1.82) is 0 Å². The van der Waals surface area contributed by atoms with Crippen LogP contribution in [-0.4, -0.2) is 21.1 Å². The van der Waals surface area contributed by atoms with Crippen molar-refractivity contribution in [3.8, 4) is 17.2 Å². The Morgan fingerprint density at radius 3 is 2.13 bits per heavy atom. The monoisotopic (exact) mass is 672 g/mol. The summed E-state index contributed by atoms with van der Waals surface area (Å²) in [5.41, 5.74) is 0.856. The fourth-order valence-corrected chi connectivity index (χ4v) is 4.95. The van der Waals surface area contributed by atoms with Gasteiger partial charge in [-0.15, -0.1) is 0 Å². The first kappa shape index (κ1) is 19.7. The van der Waals surface area contributed by atoms with Gasteiger partial charge in [-0.25, -0.2) is 0 Å². The Labute approximate surface area is 174 Å². The van der Waals surface area contributed by atoms with Crippen LogP contribution < -0.4 is 4.74 Å². The first-order valence-corrected chi connectivity index (χ1v) is 11.4. The molecule has 0 aromatic heterocycles. The summed E-state index contributed by atoms with van der Waals surface area (Å²) in [4.78, 5) is 18.0. The number of halogens is 3. The quantitative estimate of drug-likeness (QED) is 0.317. The lowest BCUT2D eigenvalue weighted by Crippen LogP contribution is -1.98. The van der Waals surface area contributed by atoms with Crippen molar-refractivity contribution in [3.63, 3.8) is 0 Å². The van der Waals surface area contributed by atoms with E-state index in [0.717, 1.165) is 12.7 Å². The van der Waals surface area contributed by atoms with Crippen LogP contribution in [-0.2, 0) is 11.0 Å². The van der Waals surface area contributed by atoms with Crippen molar-refractivity contribution in [2.24, 2.45) is 0 Å². The number of phenolic OH excluding ortho intramolecular Hbond substituents is 1. The molecule has 2 aromatic rings. The second-order valence-electron chi connectivity index (χ2n) is 4.74. The van der Waals surface area contributed by atoms with E-state index in [0.29, 0.717) is 21.5 Å². The van der Waals surface area contributed by atoms with Gasteiger partial charge in [0.25, 0.3) is 0 Å². The Morgan fingerprint density at radius 2 is 1.61 bits per heavy atom. The minimum Gasteiger partial charge on any atom is -0.507 e. The molecule has 3 N–H and O–H groups in total. The minimum atomic E-state index is -4.00. The Bertz CT molecular complexity index is 752. The molecule has 9 heteroatoms. The Morgan fingerprint density at radius 1 is 1.00 bits per heavy atom. The second kappa shape index (κ2) is 8.17. The maximum atomic E-state index is 11.0. The molecule has 2 aromatic carbocycles. The van der Waals surface area contributed by atoms with E-state index in [2.05, 4.69) is 45.2 Å². The molecule has 0 aliphatic rings. The number of phenols is 1. The van der Waals surface area contributed by atoms with Gasteiger partial charge in [-0.2, -0.15) is 0 Å².